The number of rotatable bonds is 4. The van der Waals surface area contributed by atoms with E-state index >= 15 is 0 Å². The summed E-state index contributed by atoms with van der Waals surface area (Å²) in [5, 5.41) is 3.39. The largest absolute Gasteiger partial charge is 0.310 e. The van der Waals surface area contributed by atoms with Crippen LogP contribution in [0.15, 0.2) is 30.5 Å². The molecule has 100 valence electrons. The first-order valence-corrected chi connectivity index (χ1v) is 6.76. The van der Waals surface area contributed by atoms with Gasteiger partial charge < -0.3 is 5.32 Å². The van der Waals surface area contributed by atoms with Gasteiger partial charge in [0.25, 0.3) is 0 Å². The van der Waals surface area contributed by atoms with E-state index in [1.807, 2.05) is 25.3 Å². The zero-order valence-electron chi connectivity index (χ0n) is 12.1. The molecule has 1 aromatic carbocycles. The van der Waals surface area contributed by atoms with Gasteiger partial charge in [0.05, 0.1) is 0 Å². The molecule has 3 heteroatoms. The van der Waals surface area contributed by atoms with E-state index in [9.17, 15) is 0 Å². The van der Waals surface area contributed by atoms with Crippen molar-refractivity contribution >= 4 is 0 Å². The summed E-state index contributed by atoms with van der Waals surface area (Å²) < 4.78 is 0. The number of aryl methyl sites for hydroxylation is 2. The predicted octanol–water partition coefficient (Wildman–Crippen LogP) is 3.43. The third-order valence-corrected chi connectivity index (χ3v) is 3.38. The van der Waals surface area contributed by atoms with Gasteiger partial charge in [0, 0.05) is 29.1 Å². The molecule has 19 heavy (non-hydrogen) atoms. The molecule has 2 rings (SSSR count). The van der Waals surface area contributed by atoms with Crippen LogP contribution in [0.3, 0.4) is 0 Å². The third kappa shape index (κ3) is 2.99. The van der Waals surface area contributed by atoms with Crippen LogP contribution in [0.25, 0.3) is 11.4 Å². The lowest BCUT2D eigenvalue weighted by Crippen LogP contribution is -2.19. The molecule has 0 bridgehead atoms. The zero-order valence-corrected chi connectivity index (χ0v) is 12.1. The number of nitrogens with zero attached hydrogens (tertiary/aromatic N) is 2. The van der Waals surface area contributed by atoms with Crippen LogP contribution in [0, 0.1) is 13.8 Å². The highest BCUT2D eigenvalue weighted by molar-refractivity contribution is 5.59. The second-order valence-electron chi connectivity index (χ2n) is 4.83. The molecule has 0 aliphatic heterocycles. The van der Waals surface area contributed by atoms with Crippen molar-refractivity contribution in [3.05, 3.63) is 47.3 Å². The monoisotopic (exact) mass is 255 g/mol. The van der Waals surface area contributed by atoms with Gasteiger partial charge >= 0.3 is 0 Å². The minimum absolute atomic E-state index is 0.288. The predicted molar refractivity (Wildman–Crippen MR) is 79.0 cm³/mol. The first-order chi connectivity index (χ1) is 9.13. The summed E-state index contributed by atoms with van der Waals surface area (Å²) in [6, 6.07) is 8.50. The smallest absolute Gasteiger partial charge is 0.159 e. The molecular formula is C16H21N3. The molecule has 3 nitrogen and oxygen atoms in total. The van der Waals surface area contributed by atoms with Gasteiger partial charge in [-0.15, -0.1) is 0 Å². The van der Waals surface area contributed by atoms with E-state index in [4.69, 9.17) is 0 Å². The van der Waals surface area contributed by atoms with E-state index in [-0.39, 0.29) is 6.04 Å². The number of nitrogens with one attached hydrogen (secondary N) is 1. The quantitative estimate of drug-likeness (QED) is 0.909. The van der Waals surface area contributed by atoms with Crippen molar-refractivity contribution in [2.45, 2.75) is 33.7 Å². The van der Waals surface area contributed by atoms with Crippen molar-refractivity contribution in [2.24, 2.45) is 0 Å². The topological polar surface area (TPSA) is 37.8 Å². The van der Waals surface area contributed by atoms with Gasteiger partial charge in [0.2, 0.25) is 0 Å². The van der Waals surface area contributed by atoms with Gasteiger partial charge in [0.1, 0.15) is 0 Å². The Morgan fingerprint density at radius 2 is 1.95 bits per heavy atom. The molecule has 2 aromatic rings. The fraction of sp³-hybridized carbons (Fsp3) is 0.375. The summed E-state index contributed by atoms with van der Waals surface area (Å²) in [6.45, 7) is 9.33. The summed E-state index contributed by atoms with van der Waals surface area (Å²) in [7, 11) is 0. The molecule has 0 saturated carbocycles. The first-order valence-electron chi connectivity index (χ1n) is 6.76. The first kappa shape index (κ1) is 13.7. The maximum absolute atomic E-state index is 4.66. The van der Waals surface area contributed by atoms with Gasteiger partial charge in [0.15, 0.2) is 5.82 Å². The summed E-state index contributed by atoms with van der Waals surface area (Å²) in [6.07, 6.45) is 1.94. The molecule has 0 aliphatic carbocycles. The Morgan fingerprint density at radius 1 is 1.21 bits per heavy atom. The molecule has 0 spiro atoms. The molecule has 1 aromatic heterocycles. The molecule has 0 radical (unpaired) electrons. The molecular weight excluding hydrogens is 234 g/mol. The Bertz CT molecular complexity index is 564. The molecule has 0 saturated heterocycles. The maximum Gasteiger partial charge on any atom is 0.159 e. The Labute approximate surface area is 115 Å². The number of hydrogen-bond acceptors (Lipinski definition) is 3. The third-order valence-electron chi connectivity index (χ3n) is 3.38. The highest BCUT2D eigenvalue weighted by Crippen LogP contribution is 2.22. The fourth-order valence-electron chi connectivity index (χ4n) is 2.27. The number of aromatic nitrogens is 2. The average Bonchev–Trinajstić information content (AvgIpc) is 2.39. The van der Waals surface area contributed by atoms with Crippen molar-refractivity contribution in [1.82, 2.24) is 15.3 Å². The zero-order chi connectivity index (χ0) is 13.8. The molecule has 1 heterocycles. The lowest BCUT2D eigenvalue weighted by Gasteiger charge is -2.15. The number of hydrogen-bond donors (Lipinski definition) is 1. The van der Waals surface area contributed by atoms with Gasteiger partial charge in [-0.2, -0.15) is 0 Å². The molecule has 0 fully saturated rings. The van der Waals surface area contributed by atoms with E-state index in [2.05, 4.69) is 48.2 Å². The molecule has 1 unspecified atom stereocenters. The van der Waals surface area contributed by atoms with Gasteiger partial charge in [-0.3, -0.25) is 0 Å². The van der Waals surface area contributed by atoms with E-state index in [0.29, 0.717) is 0 Å². The second-order valence-corrected chi connectivity index (χ2v) is 4.83. The van der Waals surface area contributed by atoms with Crippen molar-refractivity contribution in [3.63, 3.8) is 0 Å². The van der Waals surface area contributed by atoms with Crippen LogP contribution in [-0.2, 0) is 0 Å². The summed E-state index contributed by atoms with van der Waals surface area (Å²) in [4.78, 5) is 9.18. The van der Waals surface area contributed by atoms with Crippen molar-refractivity contribution in [3.8, 4) is 11.4 Å². The van der Waals surface area contributed by atoms with Gasteiger partial charge in [-0.25, -0.2) is 9.97 Å². The molecule has 1 atom stereocenters. The Morgan fingerprint density at radius 3 is 2.58 bits per heavy atom. The van der Waals surface area contributed by atoms with Crippen LogP contribution in [0.4, 0.5) is 0 Å². The van der Waals surface area contributed by atoms with Crippen molar-refractivity contribution < 1.29 is 0 Å². The Kier molecular flexibility index (Phi) is 4.27. The standard InChI is InChI=1S/C16H21N3/c1-5-17-12(3)15-10-18-16(19-13(15)4)14-9-7-6-8-11(14)2/h6-10,12,17H,5H2,1-4H3. The van der Waals surface area contributed by atoms with E-state index in [1.54, 1.807) is 0 Å². The maximum atomic E-state index is 4.66. The summed E-state index contributed by atoms with van der Waals surface area (Å²) in [5.41, 5.74) is 4.52. The van der Waals surface area contributed by atoms with Gasteiger partial charge in [-0.05, 0) is 32.9 Å². The summed E-state index contributed by atoms with van der Waals surface area (Å²) >= 11 is 0. The van der Waals surface area contributed by atoms with Crippen molar-refractivity contribution in [1.29, 1.82) is 0 Å². The van der Waals surface area contributed by atoms with Gasteiger partial charge in [-0.1, -0.05) is 31.2 Å². The fourth-order valence-corrected chi connectivity index (χ4v) is 2.27. The van der Waals surface area contributed by atoms with E-state index in [0.717, 1.165) is 23.6 Å². The van der Waals surface area contributed by atoms with Crippen LogP contribution in [0.2, 0.25) is 0 Å². The Balaban J connectivity index is 2.37. The normalized spacial score (nSPS) is 12.4. The lowest BCUT2D eigenvalue weighted by molar-refractivity contribution is 0.590. The molecule has 0 amide bonds. The molecule has 1 N–H and O–H groups in total. The van der Waals surface area contributed by atoms with Crippen LogP contribution >= 0.6 is 0 Å². The van der Waals surface area contributed by atoms with Crippen LogP contribution in [0.5, 0.6) is 0 Å². The minimum Gasteiger partial charge on any atom is -0.310 e. The van der Waals surface area contributed by atoms with Crippen LogP contribution < -0.4 is 5.32 Å². The SMILES string of the molecule is CCNC(C)c1cnc(-c2ccccc2C)nc1C. The highest BCUT2D eigenvalue weighted by Gasteiger charge is 2.11. The lowest BCUT2D eigenvalue weighted by atomic mass is 10.1. The van der Waals surface area contributed by atoms with E-state index in [1.165, 1.54) is 11.1 Å². The van der Waals surface area contributed by atoms with Crippen LogP contribution in [-0.4, -0.2) is 16.5 Å². The van der Waals surface area contributed by atoms with E-state index < -0.39 is 0 Å². The number of benzene rings is 1. The second kappa shape index (κ2) is 5.93. The van der Waals surface area contributed by atoms with Crippen molar-refractivity contribution in [2.75, 3.05) is 6.54 Å². The average molecular weight is 255 g/mol. The van der Waals surface area contributed by atoms with Crippen LogP contribution in [0.1, 0.15) is 36.7 Å². The molecule has 0 aliphatic rings. The summed E-state index contributed by atoms with van der Waals surface area (Å²) in [5.74, 6) is 0.808. The minimum atomic E-state index is 0.288. The highest BCUT2D eigenvalue weighted by atomic mass is 14.9. The Hall–Kier alpha value is -1.74.